The van der Waals surface area contributed by atoms with Gasteiger partial charge in [0.25, 0.3) is 0 Å². The van der Waals surface area contributed by atoms with Crippen molar-refractivity contribution in [2.75, 3.05) is 20.2 Å². The Bertz CT molecular complexity index is 524. The largest absolute Gasteiger partial charge is 0.378 e. The Labute approximate surface area is 143 Å². The number of guanidine groups is 1. The van der Waals surface area contributed by atoms with Gasteiger partial charge >= 0.3 is 0 Å². The summed E-state index contributed by atoms with van der Waals surface area (Å²) in [7, 11) is 1.86. The molecule has 23 heavy (non-hydrogen) atoms. The third-order valence-corrected chi connectivity index (χ3v) is 6.36. The lowest BCUT2D eigenvalue weighted by molar-refractivity contribution is -0.168. The first-order chi connectivity index (χ1) is 11.2. The van der Waals surface area contributed by atoms with Crippen LogP contribution in [-0.4, -0.2) is 38.3 Å². The van der Waals surface area contributed by atoms with Crippen molar-refractivity contribution in [3.8, 4) is 0 Å². The number of aliphatic imine (C=N–C) groups is 1. The average Bonchev–Trinajstić information content (AvgIpc) is 3.01. The van der Waals surface area contributed by atoms with E-state index in [-0.39, 0.29) is 0 Å². The topological polar surface area (TPSA) is 45.6 Å². The van der Waals surface area contributed by atoms with Crippen molar-refractivity contribution in [1.29, 1.82) is 0 Å². The Morgan fingerprint density at radius 2 is 2.35 bits per heavy atom. The van der Waals surface area contributed by atoms with Gasteiger partial charge in [0.05, 0.1) is 6.10 Å². The molecule has 3 rings (SSSR count). The van der Waals surface area contributed by atoms with E-state index in [1.165, 1.54) is 24.8 Å². The van der Waals surface area contributed by atoms with E-state index >= 15 is 0 Å². The fraction of sp³-hybridized carbons (Fsp3) is 0.722. The van der Waals surface area contributed by atoms with Gasteiger partial charge in [-0.2, -0.15) is 11.3 Å². The molecule has 1 aromatic heterocycles. The number of hydrogen-bond acceptors (Lipinski definition) is 3. The van der Waals surface area contributed by atoms with Gasteiger partial charge in [0.2, 0.25) is 0 Å². The molecule has 1 spiro atoms. The predicted octanol–water partition coefficient (Wildman–Crippen LogP) is 3.36. The second kappa shape index (κ2) is 7.22. The van der Waals surface area contributed by atoms with E-state index in [1.807, 2.05) is 7.05 Å². The molecule has 0 aliphatic heterocycles. The van der Waals surface area contributed by atoms with Crippen LogP contribution >= 0.6 is 11.3 Å². The van der Waals surface area contributed by atoms with E-state index in [9.17, 15) is 0 Å². The molecular formula is C18H29N3OS. The average molecular weight is 336 g/mol. The Morgan fingerprint density at radius 1 is 1.52 bits per heavy atom. The molecule has 2 aliphatic rings. The molecule has 0 radical (unpaired) electrons. The molecule has 2 aliphatic carbocycles. The number of nitrogens with one attached hydrogen (secondary N) is 2. The second-order valence-electron chi connectivity index (χ2n) is 6.87. The standard InChI is InChI=1S/C18H29N3OS/c1-4-22-16-10-15(18(16)7-5-8-18)21-17(19-3)20-11-13(2)14-6-9-23-12-14/h6,9,12-13,15-16H,4-5,7-8,10-11H2,1-3H3,(H2,19,20,21). The van der Waals surface area contributed by atoms with Crippen LogP contribution in [0.4, 0.5) is 0 Å². The van der Waals surface area contributed by atoms with Crippen LogP contribution in [0.3, 0.4) is 0 Å². The molecule has 1 aromatic rings. The van der Waals surface area contributed by atoms with Crippen molar-refractivity contribution >= 4 is 17.3 Å². The van der Waals surface area contributed by atoms with Crippen LogP contribution in [-0.2, 0) is 4.74 Å². The summed E-state index contributed by atoms with van der Waals surface area (Å²) in [6, 6.07) is 2.71. The van der Waals surface area contributed by atoms with E-state index in [2.05, 4.69) is 46.3 Å². The number of ether oxygens (including phenoxy) is 1. The Balaban J connectivity index is 1.50. The SMILES string of the molecule is CCOC1CC(NC(=NC)NCC(C)c2ccsc2)C12CCC2. The summed E-state index contributed by atoms with van der Waals surface area (Å²) in [5.41, 5.74) is 1.76. The molecule has 0 amide bonds. The molecule has 2 saturated carbocycles. The lowest BCUT2D eigenvalue weighted by atomic mass is 9.51. The maximum atomic E-state index is 5.93. The minimum atomic E-state index is 0.368. The number of rotatable bonds is 6. The third-order valence-electron chi connectivity index (χ3n) is 5.66. The molecule has 1 heterocycles. The van der Waals surface area contributed by atoms with Gasteiger partial charge < -0.3 is 15.4 Å². The Kier molecular flexibility index (Phi) is 5.27. The van der Waals surface area contributed by atoms with Crippen LogP contribution in [0.1, 0.15) is 51.0 Å². The Hall–Kier alpha value is -1.07. The lowest BCUT2D eigenvalue weighted by Gasteiger charge is -2.61. The van der Waals surface area contributed by atoms with Crippen molar-refractivity contribution in [2.24, 2.45) is 10.4 Å². The molecule has 0 aromatic carbocycles. The van der Waals surface area contributed by atoms with Gasteiger partial charge in [-0.15, -0.1) is 0 Å². The molecule has 2 N–H and O–H groups in total. The summed E-state index contributed by atoms with van der Waals surface area (Å²) < 4.78 is 5.93. The normalized spacial score (nSPS) is 27.2. The zero-order valence-corrected chi connectivity index (χ0v) is 15.3. The van der Waals surface area contributed by atoms with Gasteiger partial charge in [0, 0.05) is 31.7 Å². The third kappa shape index (κ3) is 3.26. The van der Waals surface area contributed by atoms with Crippen LogP contribution < -0.4 is 10.6 Å². The second-order valence-corrected chi connectivity index (χ2v) is 7.65. The summed E-state index contributed by atoms with van der Waals surface area (Å²) in [4.78, 5) is 4.41. The minimum absolute atomic E-state index is 0.368. The van der Waals surface area contributed by atoms with Gasteiger partial charge in [-0.3, -0.25) is 4.99 Å². The number of hydrogen-bond donors (Lipinski definition) is 2. The molecule has 5 heteroatoms. The van der Waals surface area contributed by atoms with Crippen molar-refractivity contribution in [3.05, 3.63) is 22.4 Å². The van der Waals surface area contributed by atoms with E-state index in [0.29, 0.717) is 23.5 Å². The van der Waals surface area contributed by atoms with Crippen LogP contribution in [0.15, 0.2) is 21.8 Å². The maximum Gasteiger partial charge on any atom is 0.191 e. The first kappa shape index (κ1) is 16.8. The highest BCUT2D eigenvalue weighted by Gasteiger charge is 2.59. The van der Waals surface area contributed by atoms with Gasteiger partial charge in [-0.25, -0.2) is 0 Å². The quantitative estimate of drug-likeness (QED) is 0.619. The fourth-order valence-corrected chi connectivity index (χ4v) is 4.71. The van der Waals surface area contributed by atoms with Gasteiger partial charge in [0.1, 0.15) is 0 Å². The number of nitrogens with zero attached hydrogens (tertiary/aromatic N) is 1. The predicted molar refractivity (Wildman–Crippen MR) is 97.3 cm³/mol. The van der Waals surface area contributed by atoms with E-state index < -0.39 is 0 Å². The molecule has 3 unspecified atom stereocenters. The first-order valence-electron chi connectivity index (χ1n) is 8.80. The van der Waals surface area contributed by atoms with Crippen molar-refractivity contribution in [2.45, 2.75) is 57.6 Å². The van der Waals surface area contributed by atoms with Gasteiger partial charge in [0.15, 0.2) is 5.96 Å². The van der Waals surface area contributed by atoms with E-state index in [1.54, 1.807) is 11.3 Å². The highest BCUT2D eigenvalue weighted by molar-refractivity contribution is 7.07. The summed E-state index contributed by atoms with van der Waals surface area (Å²) in [6.45, 7) is 6.08. The van der Waals surface area contributed by atoms with Gasteiger partial charge in [-0.05, 0) is 54.5 Å². The summed E-state index contributed by atoms with van der Waals surface area (Å²) >= 11 is 1.76. The number of thiophene rings is 1. The first-order valence-corrected chi connectivity index (χ1v) is 9.74. The molecule has 128 valence electrons. The monoisotopic (exact) mass is 335 g/mol. The molecule has 3 atom stereocenters. The molecular weight excluding hydrogens is 306 g/mol. The van der Waals surface area contributed by atoms with E-state index in [4.69, 9.17) is 4.74 Å². The molecule has 2 fully saturated rings. The lowest BCUT2D eigenvalue weighted by Crippen LogP contribution is -2.68. The van der Waals surface area contributed by atoms with Crippen LogP contribution in [0.25, 0.3) is 0 Å². The van der Waals surface area contributed by atoms with E-state index in [0.717, 1.165) is 25.5 Å². The zero-order valence-electron chi connectivity index (χ0n) is 14.5. The van der Waals surface area contributed by atoms with Crippen LogP contribution in [0.2, 0.25) is 0 Å². The van der Waals surface area contributed by atoms with Crippen molar-refractivity contribution < 1.29 is 4.74 Å². The van der Waals surface area contributed by atoms with Crippen molar-refractivity contribution in [1.82, 2.24) is 10.6 Å². The molecule has 0 bridgehead atoms. The summed E-state index contributed by atoms with van der Waals surface area (Å²) in [6.07, 6.45) is 5.47. The van der Waals surface area contributed by atoms with Crippen LogP contribution in [0.5, 0.6) is 0 Å². The van der Waals surface area contributed by atoms with Crippen LogP contribution in [0, 0.1) is 5.41 Å². The fourth-order valence-electron chi connectivity index (χ4n) is 3.92. The molecule has 4 nitrogen and oxygen atoms in total. The summed E-state index contributed by atoms with van der Waals surface area (Å²) in [5, 5.41) is 11.5. The minimum Gasteiger partial charge on any atom is -0.378 e. The smallest absolute Gasteiger partial charge is 0.191 e. The highest BCUT2D eigenvalue weighted by atomic mass is 32.1. The highest BCUT2D eigenvalue weighted by Crippen LogP contribution is 2.57. The van der Waals surface area contributed by atoms with Crippen molar-refractivity contribution in [3.63, 3.8) is 0 Å². The van der Waals surface area contributed by atoms with Gasteiger partial charge in [-0.1, -0.05) is 13.3 Å². The molecule has 0 saturated heterocycles. The maximum absolute atomic E-state index is 5.93. The zero-order chi connectivity index (χ0) is 16.3. The Morgan fingerprint density at radius 3 is 2.91 bits per heavy atom. The summed E-state index contributed by atoms with van der Waals surface area (Å²) in [5.74, 6) is 1.42.